The van der Waals surface area contributed by atoms with Crippen LogP contribution in [0.25, 0.3) is 0 Å². The number of amides is 1. The van der Waals surface area contributed by atoms with E-state index < -0.39 is 17.6 Å². The molecule has 1 rings (SSSR count). The Labute approximate surface area is 120 Å². The van der Waals surface area contributed by atoms with E-state index in [-0.39, 0.29) is 24.3 Å². The molecule has 1 N–H and O–H groups in total. The lowest BCUT2D eigenvalue weighted by Crippen LogP contribution is -2.15. The van der Waals surface area contributed by atoms with Crippen LogP contribution >= 0.6 is 0 Å². The Morgan fingerprint density at radius 2 is 2.10 bits per heavy atom. The van der Waals surface area contributed by atoms with Gasteiger partial charge in [0, 0.05) is 6.61 Å². The Bertz CT molecular complexity index is 536. The van der Waals surface area contributed by atoms with Crippen molar-refractivity contribution >= 4 is 11.6 Å². The smallest absolute Gasteiger partial charge is 0.381 e. The van der Waals surface area contributed by atoms with Crippen LogP contribution in [-0.4, -0.2) is 19.1 Å². The number of carbonyl (C=O) groups is 1. The Balaban J connectivity index is 2.71. The lowest BCUT2D eigenvalue weighted by Gasteiger charge is -2.11. The number of hydrogen-bond acceptors (Lipinski definition) is 3. The molecule has 0 aliphatic heterocycles. The highest BCUT2D eigenvalue weighted by atomic mass is 19.4. The van der Waals surface area contributed by atoms with Gasteiger partial charge in [0.05, 0.1) is 29.8 Å². The van der Waals surface area contributed by atoms with E-state index in [2.05, 4.69) is 5.32 Å². The first-order chi connectivity index (χ1) is 9.88. The van der Waals surface area contributed by atoms with E-state index in [9.17, 15) is 18.0 Å². The lowest BCUT2D eigenvalue weighted by molar-refractivity contribution is -0.137. The fourth-order valence-electron chi connectivity index (χ4n) is 1.55. The minimum atomic E-state index is -4.53. The average Bonchev–Trinajstić information content (AvgIpc) is 2.43. The predicted molar refractivity (Wildman–Crippen MR) is 70.5 cm³/mol. The number of ether oxygens (including phenoxy) is 1. The van der Waals surface area contributed by atoms with Gasteiger partial charge in [0.25, 0.3) is 0 Å². The molecule has 0 fully saturated rings. The third-order valence-electron chi connectivity index (χ3n) is 2.56. The molecule has 1 aromatic rings. The molecule has 1 amide bonds. The van der Waals surface area contributed by atoms with Gasteiger partial charge in [-0.25, -0.2) is 0 Å². The molecule has 0 aliphatic carbocycles. The van der Waals surface area contributed by atoms with E-state index in [4.69, 9.17) is 10.00 Å². The zero-order valence-electron chi connectivity index (χ0n) is 11.5. The van der Waals surface area contributed by atoms with E-state index >= 15 is 0 Å². The maximum Gasteiger partial charge on any atom is 0.416 e. The van der Waals surface area contributed by atoms with Crippen LogP contribution < -0.4 is 5.32 Å². The zero-order valence-corrected chi connectivity index (χ0v) is 11.5. The molecule has 7 heteroatoms. The van der Waals surface area contributed by atoms with Crippen LogP contribution in [0.15, 0.2) is 18.2 Å². The van der Waals surface area contributed by atoms with E-state index in [1.165, 1.54) is 0 Å². The highest BCUT2D eigenvalue weighted by Crippen LogP contribution is 2.31. The van der Waals surface area contributed by atoms with Crippen LogP contribution in [-0.2, 0) is 15.7 Å². The van der Waals surface area contributed by atoms with Gasteiger partial charge in [-0.15, -0.1) is 0 Å². The van der Waals surface area contributed by atoms with Crippen LogP contribution in [0.2, 0.25) is 0 Å². The second kappa shape index (κ2) is 7.64. The molecule has 1 aromatic carbocycles. The molecular formula is C14H15F3N2O2. The summed E-state index contributed by atoms with van der Waals surface area (Å²) in [5.41, 5.74) is -1.10. The number of alkyl halides is 3. The fraction of sp³-hybridized carbons (Fsp3) is 0.429. The average molecular weight is 300 g/mol. The third kappa shape index (κ3) is 5.44. The monoisotopic (exact) mass is 300 g/mol. The van der Waals surface area contributed by atoms with Gasteiger partial charge in [0.2, 0.25) is 5.91 Å². The van der Waals surface area contributed by atoms with Crippen molar-refractivity contribution in [2.24, 2.45) is 0 Å². The molecule has 0 aliphatic rings. The first-order valence-corrected chi connectivity index (χ1v) is 6.37. The summed E-state index contributed by atoms with van der Waals surface area (Å²) in [6, 6.07) is 4.25. The van der Waals surface area contributed by atoms with Crippen LogP contribution in [0.3, 0.4) is 0 Å². The first-order valence-electron chi connectivity index (χ1n) is 6.37. The molecule has 0 heterocycles. The van der Waals surface area contributed by atoms with Gasteiger partial charge < -0.3 is 10.1 Å². The van der Waals surface area contributed by atoms with Crippen molar-refractivity contribution < 1.29 is 22.7 Å². The standard InChI is InChI=1S/C14H15F3N2O2/c1-2-6-21-7-5-13(20)19-12-4-3-11(14(15,16)17)8-10(12)9-18/h3-4,8H,2,5-7H2,1H3,(H,19,20). The maximum atomic E-state index is 12.5. The second-order valence-electron chi connectivity index (χ2n) is 4.28. The molecular weight excluding hydrogens is 285 g/mol. The summed E-state index contributed by atoms with van der Waals surface area (Å²) in [7, 11) is 0. The molecule has 0 aromatic heterocycles. The highest BCUT2D eigenvalue weighted by molar-refractivity contribution is 5.92. The number of benzene rings is 1. The number of nitriles is 1. The van der Waals surface area contributed by atoms with E-state index in [1.807, 2.05) is 6.92 Å². The van der Waals surface area contributed by atoms with Gasteiger partial charge in [-0.2, -0.15) is 18.4 Å². The molecule has 0 saturated heterocycles. The first kappa shape index (κ1) is 17.0. The van der Waals surface area contributed by atoms with Crippen molar-refractivity contribution in [3.8, 4) is 6.07 Å². The largest absolute Gasteiger partial charge is 0.416 e. The van der Waals surface area contributed by atoms with Crippen LogP contribution in [0.5, 0.6) is 0 Å². The molecule has 0 spiro atoms. The predicted octanol–water partition coefficient (Wildman–Crippen LogP) is 3.33. The van der Waals surface area contributed by atoms with E-state index in [0.29, 0.717) is 12.7 Å². The minimum absolute atomic E-state index is 0.0611. The van der Waals surface area contributed by atoms with E-state index in [0.717, 1.165) is 18.6 Å². The highest BCUT2D eigenvalue weighted by Gasteiger charge is 2.31. The zero-order chi connectivity index (χ0) is 15.9. The number of nitrogens with one attached hydrogen (secondary N) is 1. The third-order valence-corrected chi connectivity index (χ3v) is 2.56. The minimum Gasteiger partial charge on any atom is -0.381 e. The van der Waals surface area contributed by atoms with Crippen molar-refractivity contribution in [3.63, 3.8) is 0 Å². The molecule has 0 unspecified atom stereocenters. The number of carbonyl (C=O) groups excluding carboxylic acids is 1. The van der Waals surface area contributed by atoms with Gasteiger partial charge in [0.15, 0.2) is 0 Å². The van der Waals surface area contributed by atoms with Crippen molar-refractivity contribution in [3.05, 3.63) is 29.3 Å². The summed E-state index contributed by atoms with van der Waals surface area (Å²) in [5, 5.41) is 11.3. The Kier molecular flexibility index (Phi) is 6.18. The maximum absolute atomic E-state index is 12.5. The Morgan fingerprint density at radius 3 is 2.67 bits per heavy atom. The number of anilines is 1. The van der Waals surface area contributed by atoms with E-state index in [1.54, 1.807) is 6.07 Å². The van der Waals surface area contributed by atoms with Crippen LogP contribution in [0, 0.1) is 11.3 Å². The van der Waals surface area contributed by atoms with Gasteiger partial charge in [-0.1, -0.05) is 6.92 Å². The van der Waals surface area contributed by atoms with Crippen molar-refractivity contribution in [2.75, 3.05) is 18.5 Å². The van der Waals surface area contributed by atoms with Gasteiger partial charge in [-0.05, 0) is 24.6 Å². The normalized spacial score (nSPS) is 11.0. The van der Waals surface area contributed by atoms with Gasteiger partial charge in [0.1, 0.15) is 6.07 Å². The summed E-state index contributed by atoms with van der Waals surface area (Å²) < 4.78 is 42.7. The fourth-order valence-corrected chi connectivity index (χ4v) is 1.55. The number of hydrogen-bond donors (Lipinski definition) is 1. The molecule has 4 nitrogen and oxygen atoms in total. The quantitative estimate of drug-likeness (QED) is 0.820. The molecule has 0 bridgehead atoms. The SMILES string of the molecule is CCCOCCC(=O)Nc1ccc(C(F)(F)F)cc1C#N. The van der Waals surface area contributed by atoms with Crippen LogP contribution in [0.1, 0.15) is 30.9 Å². The van der Waals surface area contributed by atoms with Gasteiger partial charge >= 0.3 is 6.18 Å². The molecule has 0 radical (unpaired) electrons. The summed E-state index contributed by atoms with van der Waals surface area (Å²) in [5.74, 6) is -0.414. The summed E-state index contributed by atoms with van der Waals surface area (Å²) >= 11 is 0. The molecule has 114 valence electrons. The molecule has 0 saturated carbocycles. The van der Waals surface area contributed by atoms with Crippen molar-refractivity contribution in [1.82, 2.24) is 0 Å². The van der Waals surface area contributed by atoms with Crippen molar-refractivity contribution in [2.45, 2.75) is 25.9 Å². The topological polar surface area (TPSA) is 62.1 Å². The van der Waals surface area contributed by atoms with Crippen molar-refractivity contribution in [1.29, 1.82) is 5.26 Å². The Hall–Kier alpha value is -2.07. The summed E-state index contributed by atoms with van der Waals surface area (Å²) in [4.78, 5) is 11.6. The molecule has 21 heavy (non-hydrogen) atoms. The van der Waals surface area contributed by atoms with Crippen LogP contribution in [0.4, 0.5) is 18.9 Å². The number of halogens is 3. The Morgan fingerprint density at radius 1 is 1.38 bits per heavy atom. The number of nitrogens with zero attached hydrogens (tertiary/aromatic N) is 1. The number of rotatable bonds is 6. The second-order valence-corrected chi connectivity index (χ2v) is 4.28. The lowest BCUT2D eigenvalue weighted by atomic mass is 10.1. The summed E-state index contributed by atoms with van der Waals surface area (Å²) in [6.45, 7) is 2.70. The van der Waals surface area contributed by atoms with Gasteiger partial charge in [-0.3, -0.25) is 4.79 Å². The summed E-state index contributed by atoms with van der Waals surface area (Å²) in [6.07, 6.45) is -3.62. The molecule has 0 atom stereocenters.